The summed E-state index contributed by atoms with van der Waals surface area (Å²) in [5.41, 5.74) is 5.59. The minimum absolute atomic E-state index is 0.0648. The summed E-state index contributed by atoms with van der Waals surface area (Å²) in [6.07, 6.45) is -0.526. The van der Waals surface area contributed by atoms with Crippen molar-refractivity contribution in [2.45, 2.75) is 59.7 Å². The van der Waals surface area contributed by atoms with Gasteiger partial charge in [-0.25, -0.2) is 4.79 Å². The van der Waals surface area contributed by atoms with Crippen molar-refractivity contribution in [2.75, 3.05) is 19.8 Å². The lowest BCUT2D eigenvalue weighted by molar-refractivity contribution is -0.152. The maximum Gasteiger partial charge on any atom is 0.338 e. The lowest BCUT2D eigenvalue weighted by Crippen LogP contribution is -2.32. The van der Waals surface area contributed by atoms with Crippen LogP contribution in [0.5, 0.6) is 5.75 Å². The SMILES string of the molecule is CC(C)(C)CC(CN)C(=O)OCC(O)COC(=O)c1ccc(OC(C)(C)C)cc1. The van der Waals surface area contributed by atoms with Gasteiger partial charge >= 0.3 is 11.9 Å². The maximum atomic E-state index is 12.1. The predicted molar refractivity (Wildman–Crippen MR) is 111 cm³/mol. The summed E-state index contributed by atoms with van der Waals surface area (Å²) in [6, 6.07) is 6.55. The zero-order valence-corrected chi connectivity index (χ0v) is 18.4. The van der Waals surface area contributed by atoms with Gasteiger partial charge in [-0.15, -0.1) is 0 Å². The van der Waals surface area contributed by atoms with Gasteiger partial charge < -0.3 is 25.1 Å². The third kappa shape index (κ3) is 10.3. The van der Waals surface area contributed by atoms with Gasteiger partial charge in [0.1, 0.15) is 30.7 Å². The van der Waals surface area contributed by atoms with Crippen LogP contribution in [0, 0.1) is 11.3 Å². The predicted octanol–water partition coefficient (Wildman–Crippen LogP) is 2.94. The highest BCUT2D eigenvalue weighted by molar-refractivity contribution is 5.89. The lowest BCUT2D eigenvalue weighted by atomic mass is 9.85. The van der Waals surface area contributed by atoms with Crippen LogP contribution in [0.25, 0.3) is 0 Å². The monoisotopic (exact) mass is 409 g/mol. The molecule has 3 N–H and O–H groups in total. The number of aliphatic hydroxyl groups excluding tert-OH is 1. The van der Waals surface area contributed by atoms with E-state index in [1.54, 1.807) is 24.3 Å². The van der Waals surface area contributed by atoms with Crippen LogP contribution < -0.4 is 10.5 Å². The van der Waals surface area contributed by atoms with Crippen LogP contribution in [0.3, 0.4) is 0 Å². The summed E-state index contributed by atoms with van der Waals surface area (Å²) in [7, 11) is 0. The van der Waals surface area contributed by atoms with Gasteiger partial charge in [-0.1, -0.05) is 20.8 Å². The normalized spacial score (nSPS) is 14.1. The highest BCUT2D eigenvalue weighted by atomic mass is 16.6. The molecular formula is C22H35NO6. The zero-order chi connectivity index (χ0) is 22.2. The summed E-state index contributed by atoms with van der Waals surface area (Å²) in [6.45, 7) is 11.5. The van der Waals surface area contributed by atoms with Gasteiger partial charge in [-0.3, -0.25) is 4.79 Å². The highest BCUT2D eigenvalue weighted by Crippen LogP contribution is 2.24. The molecule has 0 heterocycles. The van der Waals surface area contributed by atoms with Crippen LogP contribution in [0.15, 0.2) is 24.3 Å². The molecule has 7 nitrogen and oxygen atoms in total. The standard InChI is InChI=1S/C22H35NO6/c1-21(2,3)11-16(12-23)20(26)28-14-17(24)13-27-19(25)15-7-9-18(10-8-15)29-22(4,5)6/h7-10,16-17,24H,11-14,23H2,1-6H3. The number of esters is 2. The first-order chi connectivity index (χ1) is 13.3. The Morgan fingerprint density at radius 1 is 1.00 bits per heavy atom. The fraction of sp³-hybridized carbons (Fsp3) is 0.636. The molecule has 0 aliphatic rings. The number of carbonyl (C=O) groups excluding carboxylic acids is 2. The number of ether oxygens (including phenoxy) is 3. The van der Waals surface area contributed by atoms with Gasteiger partial charge in [0.15, 0.2) is 0 Å². The summed E-state index contributed by atoms with van der Waals surface area (Å²) < 4.78 is 15.9. The van der Waals surface area contributed by atoms with Gasteiger partial charge in [-0.05, 0) is 56.9 Å². The maximum absolute atomic E-state index is 12.1. The molecule has 0 aliphatic heterocycles. The third-order valence-corrected chi connectivity index (χ3v) is 3.82. The number of aliphatic hydroxyl groups is 1. The van der Waals surface area contributed by atoms with Crippen molar-refractivity contribution in [3.8, 4) is 5.75 Å². The average Bonchev–Trinajstić information content (AvgIpc) is 2.60. The molecule has 0 aliphatic carbocycles. The first-order valence-corrected chi connectivity index (χ1v) is 9.82. The van der Waals surface area contributed by atoms with Crippen molar-refractivity contribution in [1.82, 2.24) is 0 Å². The molecule has 1 rings (SSSR count). The molecule has 29 heavy (non-hydrogen) atoms. The van der Waals surface area contributed by atoms with Crippen LogP contribution in [-0.2, 0) is 14.3 Å². The minimum Gasteiger partial charge on any atom is -0.488 e. The molecule has 0 fully saturated rings. The van der Waals surface area contributed by atoms with E-state index in [1.165, 1.54) is 0 Å². The van der Waals surface area contributed by atoms with Gasteiger partial charge in [0, 0.05) is 6.54 Å². The molecule has 1 aromatic rings. The van der Waals surface area contributed by atoms with Crippen LogP contribution in [-0.4, -0.2) is 48.5 Å². The molecule has 2 atom stereocenters. The molecule has 0 aromatic heterocycles. The number of carbonyl (C=O) groups is 2. The first kappa shape index (κ1) is 24.9. The molecule has 0 amide bonds. The molecule has 0 spiro atoms. The topological polar surface area (TPSA) is 108 Å². The molecule has 0 radical (unpaired) electrons. The Morgan fingerprint density at radius 2 is 1.55 bits per heavy atom. The van der Waals surface area contributed by atoms with E-state index in [-0.39, 0.29) is 30.8 Å². The molecule has 0 bridgehead atoms. The van der Waals surface area contributed by atoms with E-state index in [2.05, 4.69) is 0 Å². The van der Waals surface area contributed by atoms with Crippen LogP contribution >= 0.6 is 0 Å². The Morgan fingerprint density at radius 3 is 2.03 bits per heavy atom. The van der Waals surface area contributed by atoms with Crippen LogP contribution in [0.2, 0.25) is 0 Å². The van der Waals surface area contributed by atoms with Gasteiger partial charge in [0.2, 0.25) is 0 Å². The van der Waals surface area contributed by atoms with Gasteiger partial charge in [0.05, 0.1) is 11.5 Å². The van der Waals surface area contributed by atoms with Gasteiger partial charge in [0.25, 0.3) is 0 Å². The average molecular weight is 410 g/mol. The Balaban J connectivity index is 2.44. The Hall–Kier alpha value is -2.12. The minimum atomic E-state index is -1.11. The smallest absolute Gasteiger partial charge is 0.338 e. The second kappa shape index (κ2) is 10.6. The molecule has 0 saturated heterocycles. The number of benzene rings is 1. The number of hydrogen-bond acceptors (Lipinski definition) is 7. The summed E-state index contributed by atoms with van der Waals surface area (Å²) >= 11 is 0. The van der Waals surface area contributed by atoms with E-state index in [9.17, 15) is 14.7 Å². The van der Waals surface area contributed by atoms with E-state index in [1.807, 2.05) is 41.5 Å². The number of hydrogen-bond donors (Lipinski definition) is 2. The first-order valence-electron chi connectivity index (χ1n) is 9.82. The second-order valence-corrected chi connectivity index (χ2v) is 9.32. The van der Waals surface area contributed by atoms with E-state index in [4.69, 9.17) is 19.9 Å². The summed E-state index contributed by atoms with van der Waals surface area (Å²) in [4.78, 5) is 24.2. The quantitative estimate of drug-likeness (QED) is 0.604. The van der Waals surface area contributed by atoms with Crippen molar-refractivity contribution in [1.29, 1.82) is 0 Å². The van der Waals surface area contributed by atoms with Gasteiger partial charge in [-0.2, -0.15) is 0 Å². The largest absolute Gasteiger partial charge is 0.488 e. The van der Waals surface area contributed by atoms with E-state index < -0.39 is 24.0 Å². The molecule has 2 unspecified atom stereocenters. The third-order valence-electron chi connectivity index (χ3n) is 3.82. The van der Waals surface area contributed by atoms with E-state index in [0.717, 1.165) is 0 Å². The second-order valence-electron chi connectivity index (χ2n) is 9.32. The van der Waals surface area contributed by atoms with Crippen LogP contribution in [0.4, 0.5) is 0 Å². The molecule has 0 saturated carbocycles. The molecular weight excluding hydrogens is 374 g/mol. The van der Waals surface area contributed by atoms with Crippen molar-refractivity contribution in [3.63, 3.8) is 0 Å². The highest BCUT2D eigenvalue weighted by Gasteiger charge is 2.25. The Bertz CT molecular complexity index is 657. The van der Waals surface area contributed by atoms with E-state index >= 15 is 0 Å². The fourth-order valence-electron chi connectivity index (χ4n) is 2.61. The molecule has 1 aromatic carbocycles. The summed E-state index contributed by atoms with van der Waals surface area (Å²) in [5, 5.41) is 9.95. The number of nitrogens with two attached hydrogens (primary N) is 1. The molecule has 7 heteroatoms. The Labute approximate surface area is 173 Å². The summed E-state index contributed by atoms with van der Waals surface area (Å²) in [5.74, 6) is -0.822. The lowest BCUT2D eigenvalue weighted by Gasteiger charge is -2.24. The zero-order valence-electron chi connectivity index (χ0n) is 18.4. The van der Waals surface area contributed by atoms with Crippen LogP contribution in [0.1, 0.15) is 58.3 Å². The fourth-order valence-corrected chi connectivity index (χ4v) is 2.61. The van der Waals surface area contributed by atoms with Crippen molar-refractivity contribution < 1.29 is 28.9 Å². The van der Waals surface area contributed by atoms with E-state index in [0.29, 0.717) is 17.7 Å². The Kier molecular flexibility index (Phi) is 9.11. The molecule has 164 valence electrons. The number of rotatable bonds is 9. The van der Waals surface area contributed by atoms with Crippen molar-refractivity contribution in [3.05, 3.63) is 29.8 Å². The van der Waals surface area contributed by atoms with Crippen molar-refractivity contribution in [2.24, 2.45) is 17.1 Å². The van der Waals surface area contributed by atoms with Crippen molar-refractivity contribution >= 4 is 11.9 Å².